The highest BCUT2D eigenvalue weighted by Gasteiger charge is 2.44. The minimum Gasteiger partial charge on any atom is -0.122 e. The maximum atomic E-state index is 6.54. The number of aryl methyl sites for hydroxylation is 2. The van der Waals surface area contributed by atoms with Gasteiger partial charge in [0.15, 0.2) is 0 Å². The van der Waals surface area contributed by atoms with Crippen molar-refractivity contribution >= 4 is 44.7 Å². The number of rotatable bonds is 2. The molecule has 0 saturated heterocycles. The molecule has 0 heterocycles. The van der Waals surface area contributed by atoms with E-state index in [1.54, 1.807) is 0 Å². The molecule has 4 aromatic carbocycles. The van der Waals surface area contributed by atoms with Crippen molar-refractivity contribution in [2.75, 3.05) is 0 Å². The molecule has 0 fully saturated rings. The molecule has 0 aliphatic heterocycles. The quantitative estimate of drug-likeness (QED) is 0.294. The van der Waals surface area contributed by atoms with Crippen LogP contribution >= 0.6 is 23.2 Å². The largest absolute Gasteiger partial charge is 0.122 e. The molecule has 0 aromatic heterocycles. The van der Waals surface area contributed by atoms with Gasteiger partial charge in [-0.3, -0.25) is 0 Å². The third kappa shape index (κ3) is 2.34. The monoisotopic (exact) mass is 416 g/mol. The van der Waals surface area contributed by atoms with E-state index in [1.165, 1.54) is 54.9 Å². The highest BCUT2D eigenvalue weighted by molar-refractivity contribution is 6.18. The Hall–Kier alpha value is -2.02. The summed E-state index contributed by atoms with van der Waals surface area (Å²) in [5.41, 5.74) is 8.44. The Morgan fingerprint density at radius 3 is 1.55 bits per heavy atom. The van der Waals surface area contributed by atoms with Crippen molar-refractivity contribution in [1.29, 1.82) is 0 Å². The van der Waals surface area contributed by atoms with E-state index in [9.17, 15) is 0 Å². The van der Waals surface area contributed by atoms with Gasteiger partial charge in [0.2, 0.25) is 0 Å². The lowest BCUT2D eigenvalue weighted by atomic mass is 9.58. The van der Waals surface area contributed by atoms with Crippen LogP contribution in [0.25, 0.3) is 21.5 Å². The lowest BCUT2D eigenvalue weighted by Crippen LogP contribution is -2.37. The van der Waals surface area contributed by atoms with Crippen molar-refractivity contribution in [2.45, 2.75) is 42.9 Å². The molecule has 1 spiro atoms. The minimum atomic E-state index is -0.00380. The number of fused-ring (bicyclic) bond motifs is 2. The lowest BCUT2D eigenvalue weighted by molar-refractivity contribution is 0.423. The average molecular weight is 417 g/mol. The van der Waals surface area contributed by atoms with Gasteiger partial charge in [0, 0.05) is 17.2 Å². The SMILES string of the molecule is ClCc1ccc2cccc3c2c1C1(CC3)CCc2cccc3ccc(CCl)c1c23. The van der Waals surface area contributed by atoms with Crippen LogP contribution in [0, 0.1) is 0 Å². The summed E-state index contributed by atoms with van der Waals surface area (Å²) in [6.45, 7) is 0. The normalized spacial score (nSPS) is 16.6. The van der Waals surface area contributed by atoms with Crippen LogP contribution in [0.1, 0.15) is 46.2 Å². The number of hydrogen-bond donors (Lipinski definition) is 0. The van der Waals surface area contributed by atoms with Gasteiger partial charge < -0.3 is 0 Å². The fourth-order valence-corrected chi connectivity index (χ4v) is 6.62. The van der Waals surface area contributed by atoms with E-state index in [0.29, 0.717) is 11.8 Å². The fourth-order valence-electron chi connectivity index (χ4n) is 6.17. The Bertz CT molecular complexity index is 1180. The summed E-state index contributed by atoms with van der Waals surface area (Å²) < 4.78 is 0. The van der Waals surface area contributed by atoms with Crippen molar-refractivity contribution < 1.29 is 0 Å². The van der Waals surface area contributed by atoms with Crippen LogP contribution in [0.5, 0.6) is 0 Å². The number of hydrogen-bond acceptors (Lipinski definition) is 0. The van der Waals surface area contributed by atoms with E-state index in [4.69, 9.17) is 23.2 Å². The predicted molar refractivity (Wildman–Crippen MR) is 124 cm³/mol. The lowest BCUT2D eigenvalue weighted by Gasteiger charge is -2.45. The van der Waals surface area contributed by atoms with Crippen LogP contribution in [0.15, 0.2) is 60.7 Å². The van der Waals surface area contributed by atoms with E-state index < -0.39 is 0 Å². The molecule has 2 aliphatic carbocycles. The molecular weight excluding hydrogens is 395 g/mol. The summed E-state index contributed by atoms with van der Waals surface area (Å²) in [6.07, 6.45) is 4.47. The number of benzene rings is 4. The Morgan fingerprint density at radius 1 is 0.621 bits per heavy atom. The van der Waals surface area contributed by atoms with Gasteiger partial charge >= 0.3 is 0 Å². The zero-order chi connectivity index (χ0) is 19.6. The highest BCUT2D eigenvalue weighted by atomic mass is 35.5. The van der Waals surface area contributed by atoms with Gasteiger partial charge in [0.25, 0.3) is 0 Å². The van der Waals surface area contributed by atoms with E-state index in [2.05, 4.69) is 60.7 Å². The van der Waals surface area contributed by atoms with Gasteiger partial charge in [0.05, 0.1) is 0 Å². The second kappa shape index (κ2) is 6.49. The molecule has 0 saturated carbocycles. The number of alkyl halides is 2. The van der Waals surface area contributed by atoms with Crippen LogP contribution in [-0.2, 0) is 30.0 Å². The molecule has 0 nitrogen and oxygen atoms in total. The fraction of sp³-hybridized carbons (Fsp3) is 0.259. The smallest absolute Gasteiger partial charge is 0.0477 e. The Kier molecular flexibility index (Phi) is 3.98. The maximum Gasteiger partial charge on any atom is 0.0477 e. The molecule has 0 N–H and O–H groups in total. The molecule has 6 rings (SSSR count). The highest BCUT2D eigenvalue weighted by Crippen LogP contribution is 2.55. The summed E-state index contributed by atoms with van der Waals surface area (Å²) in [4.78, 5) is 0. The van der Waals surface area contributed by atoms with Crippen molar-refractivity contribution in [3.05, 3.63) is 94.0 Å². The molecule has 0 atom stereocenters. The molecule has 0 amide bonds. The molecule has 0 radical (unpaired) electrons. The topological polar surface area (TPSA) is 0 Å². The Labute approximate surface area is 181 Å². The zero-order valence-corrected chi connectivity index (χ0v) is 17.8. The van der Waals surface area contributed by atoms with Crippen LogP contribution in [0.2, 0.25) is 0 Å². The van der Waals surface area contributed by atoms with E-state index in [0.717, 1.165) is 25.7 Å². The van der Waals surface area contributed by atoms with Crippen molar-refractivity contribution in [2.24, 2.45) is 0 Å². The molecule has 2 heteroatoms. The molecule has 144 valence electrons. The zero-order valence-electron chi connectivity index (χ0n) is 16.3. The third-order valence-electron chi connectivity index (χ3n) is 7.32. The van der Waals surface area contributed by atoms with Crippen LogP contribution in [0.3, 0.4) is 0 Å². The second-order valence-corrected chi connectivity index (χ2v) is 9.11. The first-order valence-corrected chi connectivity index (χ1v) is 11.5. The van der Waals surface area contributed by atoms with Gasteiger partial charge in [-0.05, 0) is 80.6 Å². The summed E-state index contributed by atoms with van der Waals surface area (Å²) in [5, 5.41) is 5.55. The third-order valence-corrected chi connectivity index (χ3v) is 7.90. The summed E-state index contributed by atoms with van der Waals surface area (Å²) in [5.74, 6) is 1.10. The summed E-state index contributed by atoms with van der Waals surface area (Å²) in [7, 11) is 0. The van der Waals surface area contributed by atoms with Gasteiger partial charge in [-0.15, -0.1) is 23.2 Å². The van der Waals surface area contributed by atoms with Crippen LogP contribution < -0.4 is 0 Å². The first-order valence-electron chi connectivity index (χ1n) is 10.5. The average Bonchev–Trinajstić information content (AvgIpc) is 2.78. The predicted octanol–water partition coefficient (Wildman–Crippen LogP) is 7.65. The van der Waals surface area contributed by atoms with Crippen molar-refractivity contribution in [1.82, 2.24) is 0 Å². The molecule has 29 heavy (non-hydrogen) atoms. The van der Waals surface area contributed by atoms with Crippen molar-refractivity contribution in [3.8, 4) is 0 Å². The first kappa shape index (κ1) is 17.8. The van der Waals surface area contributed by atoms with Gasteiger partial charge in [-0.2, -0.15) is 0 Å². The Balaban J connectivity index is 1.81. The van der Waals surface area contributed by atoms with E-state index in [-0.39, 0.29) is 5.41 Å². The molecule has 4 aromatic rings. The first-order chi connectivity index (χ1) is 14.3. The summed E-state index contributed by atoms with van der Waals surface area (Å²) >= 11 is 13.1. The maximum absolute atomic E-state index is 6.54. The van der Waals surface area contributed by atoms with Gasteiger partial charge in [-0.1, -0.05) is 60.7 Å². The van der Waals surface area contributed by atoms with E-state index in [1.807, 2.05) is 0 Å². The Morgan fingerprint density at radius 2 is 1.10 bits per heavy atom. The van der Waals surface area contributed by atoms with Crippen LogP contribution in [0.4, 0.5) is 0 Å². The summed E-state index contributed by atoms with van der Waals surface area (Å²) in [6, 6.07) is 22.5. The molecular formula is C27H22Cl2. The van der Waals surface area contributed by atoms with Crippen molar-refractivity contribution in [3.63, 3.8) is 0 Å². The molecule has 2 aliphatic rings. The van der Waals surface area contributed by atoms with Gasteiger partial charge in [0.1, 0.15) is 0 Å². The second-order valence-electron chi connectivity index (χ2n) is 8.58. The minimum absolute atomic E-state index is 0.00380. The molecule has 0 unspecified atom stereocenters. The van der Waals surface area contributed by atoms with E-state index >= 15 is 0 Å². The van der Waals surface area contributed by atoms with Crippen LogP contribution in [-0.4, -0.2) is 0 Å². The van der Waals surface area contributed by atoms with Gasteiger partial charge in [-0.25, -0.2) is 0 Å². The standard InChI is InChI=1S/C27H22Cl2/c28-15-21-9-7-17-3-1-5-19-11-13-27(25(21)23(17)19)14-12-20-6-2-4-18-8-10-22(16-29)26(27)24(18)20/h1-10H,11-16H2. The number of halogens is 2. The molecule has 0 bridgehead atoms.